The van der Waals surface area contributed by atoms with E-state index in [9.17, 15) is 18.0 Å². The molecule has 1 aliphatic rings. The highest BCUT2D eigenvalue weighted by molar-refractivity contribution is 9.10. The van der Waals surface area contributed by atoms with Crippen molar-refractivity contribution >= 4 is 54.2 Å². The zero-order chi connectivity index (χ0) is 20.3. The first kappa shape index (κ1) is 20.9. The van der Waals surface area contributed by atoms with Gasteiger partial charge >= 0.3 is 0 Å². The lowest BCUT2D eigenvalue weighted by Gasteiger charge is -2.33. The number of nitrogens with one attached hydrogen (secondary N) is 1. The van der Waals surface area contributed by atoms with Crippen molar-refractivity contribution in [2.24, 2.45) is 5.73 Å². The molecular weight excluding hydrogens is 468 g/mol. The van der Waals surface area contributed by atoms with Gasteiger partial charge in [0.2, 0.25) is 21.8 Å². The molecule has 1 atom stereocenters. The Bertz CT molecular complexity index is 975. The third-order valence-corrected chi connectivity index (χ3v) is 7.57. The van der Waals surface area contributed by atoms with Crippen molar-refractivity contribution in [1.82, 2.24) is 9.29 Å². The van der Waals surface area contributed by atoms with Gasteiger partial charge in [-0.05, 0) is 37.1 Å². The van der Waals surface area contributed by atoms with Crippen molar-refractivity contribution in [3.63, 3.8) is 0 Å². The van der Waals surface area contributed by atoms with Crippen LogP contribution in [0.3, 0.4) is 0 Å². The Morgan fingerprint density at radius 2 is 2.00 bits per heavy atom. The maximum Gasteiger partial charge on any atom is 0.244 e. The summed E-state index contributed by atoms with van der Waals surface area (Å²) in [6.07, 6.45) is 1.87. The molecule has 11 heteroatoms. The SMILES string of the molecule is NC(=O)Cc1csc(NC(=O)C2CCCCN2S(=O)(=O)c2ccc(Br)cc2)n1. The highest BCUT2D eigenvalue weighted by Crippen LogP contribution is 2.27. The third-order valence-electron chi connectivity index (χ3n) is 4.31. The van der Waals surface area contributed by atoms with Crippen molar-refractivity contribution in [1.29, 1.82) is 0 Å². The first-order valence-electron chi connectivity index (χ1n) is 8.58. The Morgan fingerprint density at radius 3 is 2.68 bits per heavy atom. The van der Waals surface area contributed by atoms with Crippen molar-refractivity contribution in [3.8, 4) is 0 Å². The number of anilines is 1. The minimum absolute atomic E-state index is 0.0140. The van der Waals surface area contributed by atoms with Gasteiger partial charge in [-0.1, -0.05) is 22.4 Å². The van der Waals surface area contributed by atoms with Gasteiger partial charge in [0.05, 0.1) is 17.0 Å². The Morgan fingerprint density at radius 1 is 1.29 bits per heavy atom. The Labute approximate surface area is 175 Å². The summed E-state index contributed by atoms with van der Waals surface area (Å²) in [6.45, 7) is 0.279. The predicted molar refractivity (Wildman–Crippen MR) is 109 cm³/mol. The second-order valence-corrected chi connectivity index (χ2v) is 10.0. The molecule has 2 aromatic rings. The Kier molecular flexibility index (Phi) is 6.48. The number of benzene rings is 1. The largest absolute Gasteiger partial charge is 0.369 e. The van der Waals surface area contributed by atoms with E-state index >= 15 is 0 Å². The minimum atomic E-state index is -3.80. The summed E-state index contributed by atoms with van der Waals surface area (Å²) in [6, 6.07) is 5.52. The van der Waals surface area contributed by atoms with Crippen molar-refractivity contribution in [2.75, 3.05) is 11.9 Å². The fourth-order valence-electron chi connectivity index (χ4n) is 3.01. The number of halogens is 1. The number of piperidine rings is 1. The first-order valence-corrected chi connectivity index (χ1v) is 11.7. The standard InChI is InChI=1S/C17H19BrN4O4S2/c18-11-4-6-13(7-5-11)28(25,26)22-8-2-1-3-14(22)16(24)21-17-20-12(10-27-17)9-15(19)23/h4-7,10,14H,1-3,8-9H2,(H2,19,23)(H,20,21,24). The van der Waals surface area contributed by atoms with Crippen LogP contribution in [0.1, 0.15) is 25.0 Å². The summed E-state index contributed by atoms with van der Waals surface area (Å²) in [4.78, 5) is 28.1. The molecule has 1 aromatic heterocycles. The Balaban J connectivity index is 1.78. The van der Waals surface area contributed by atoms with Crippen LogP contribution in [0.15, 0.2) is 39.0 Å². The summed E-state index contributed by atoms with van der Waals surface area (Å²) < 4.78 is 28.1. The molecule has 1 saturated heterocycles. The maximum atomic E-state index is 13.1. The number of hydrogen-bond acceptors (Lipinski definition) is 6. The van der Waals surface area contributed by atoms with E-state index in [0.29, 0.717) is 23.7 Å². The van der Waals surface area contributed by atoms with Gasteiger partial charge in [-0.15, -0.1) is 11.3 Å². The number of nitrogens with two attached hydrogens (primary N) is 1. The fraction of sp³-hybridized carbons (Fsp3) is 0.353. The van der Waals surface area contributed by atoms with Crippen LogP contribution < -0.4 is 11.1 Å². The van der Waals surface area contributed by atoms with Gasteiger partial charge in [0.15, 0.2) is 5.13 Å². The fourth-order valence-corrected chi connectivity index (χ4v) is 5.64. The van der Waals surface area contributed by atoms with E-state index in [1.165, 1.54) is 27.8 Å². The lowest BCUT2D eigenvalue weighted by atomic mass is 10.0. The number of primary amides is 1. The van der Waals surface area contributed by atoms with E-state index in [1.807, 2.05) is 0 Å². The summed E-state index contributed by atoms with van der Waals surface area (Å²) in [5, 5.41) is 4.62. The van der Waals surface area contributed by atoms with E-state index in [2.05, 4.69) is 26.2 Å². The van der Waals surface area contributed by atoms with E-state index < -0.39 is 27.9 Å². The number of aromatic nitrogens is 1. The molecule has 0 spiro atoms. The number of rotatable bonds is 6. The second kappa shape index (κ2) is 8.68. The molecule has 1 unspecified atom stereocenters. The maximum absolute atomic E-state index is 13.1. The number of nitrogens with zero attached hydrogens (tertiary/aromatic N) is 2. The Hall–Kier alpha value is -1.82. The molecule has 8 nitrogen and oxygen atoms in total. The highest BCUT2D eigenvalue weighted by atomic mass is 79.9. The lowest BCUT2D eigenvalue weighted by molar-refractivity contribution is -0.120. The molecule has 3 rings (SSSR count). The molecule has 2 heterocycles. The second-order valence-electron chi connectivity index (χ2n) is 6.36. The summed E-state index contributed by atoms with van der Waals surface area (Å²) >= 11 is 4.46. The van der Waals surface area contributed by atoms with Crippen LogP contribution in [0.2, 0.25) is 0 Å². The lowest BCUT2D eigenvalue weighted by Crippen LogP contribution is -2.49. The number of thiazole rings is 1. The molecule has 1 aliphatic heterocycles. The molecule has 0 radical (unpaired) electrons. The summed E-state index contributed by atoms with van der Waals surface area (Å²) in [5.74, 6) is -0.942. The summed E-state index contributed by atoms with van der Waals surface area (Å²) in [7, 11) is -3.80. The molecule has 150 valence electrons. The molecule has 1 aromatic carbocycles. The van der Waals surface area contributed by atoms with Crippen LogP contribution in [0.5, 0.6) is 0 Å². The van der Waals surface area contributed by atoms with Gasteiger partial charge in [0, 0.05) is 16.4 Å². The van der Waals surface area contributed by atoms with Crippen molar-refractivity contribution in [2.45, 2.75) is 36.6 Å². The van der Waals surface area contributed by atoms with Crippen LogP contribution in [-0.4, -0.2) is 42.1 Å². The van der Waals surface area contributed by atoms with Gasteiger partial charge in [-0.25, -0.2) is 13.4 Å². The third kappa shape index (κ3) is 4.77. The smallest absolute Gasteiger partial charge is 0.244 e. The molecule has 0 saturated carbocycles. The van der Waals surface area contributed by atoms with Crippen LogP contribution in [-0.2, 0) is 26.0 Å². The molecular formula is C17H19BrN4O4S2. The van der Waals surface area contributed by atoms with Gasteiger partial charge in [-0.3, -0.25) is 9.59 Å². The van der Waals surface area contributed by atoms with Gasteiger partial charge < -0.3 is 11.1 Å². The number of carbonyl (C=O) groups is 2. The molecule has 2 amide bonds. The molecule has 0 bridgehead atoms. The quantitative estimate of drug-likeness (QED) is 0.647. The first-order chi connectivity index (χ1) is 13.3. The number of carbonyl (C=O) groups excluding carboxylic acids is 2. The zero-order valence-corrected chi connectivity index (χ0v) is 18.0. The number of amides is 2. The van der Waals surface area contributed by atoms with E-state index in [4.69, 9.17) is 5.73 Å². The molecule has 28 heavy (non-hydrogen) atoms. The van der Waals surface area contributed by atoms with E-state index in [-0.39, 0.29) is 17.9 Å². The van der Waals surface area contributed by atoms with Crippen molar-refractivity contribution < 1.29 is 18.0 Å². The number of sulfonamides is 1. The van der Waals surface area contributed by atoms with Gasteiger partial charge in [0.1, 0.15) is 6.04 Å². The zero-order valence-electron chi connectivity index (χ0n) is 14.8. The summed E-state index contributed by atoms with van der Waals surface area (Å²) in [5.41, 5.74) is 5.61. The molecule has 0 aliphatic carbocycles. The van der Waals surface area contributed by atoms with Crippen LogP contribution >= 0.6 is 27.3 Å². The van der Waals surface area contributed by atoms with Crippen LogP contribution in [0.4, 0.5) is 5.13 Å². The topological polar surface area (TPSA) is 122 Å². The normalized spacial score (nSPS) is 18.0. The average Bonchev–Trinajstić information content (AvgIpc) is 3.08. The average molecular weight is 487 g/mol. The monoisotopic (exact) mass is 486 g/mol. The highest BCUT2D eigenvalue weighted by Gasteiger charge is 2.37. The van der Waals surface area contributed by atoms with E-state index in [1.54, 1.807) is 17.5 Å². The van der Waals surface area contributed by atoms with Crippen molar-refractivity contribution in [3.05, 3.63) is 39.8 Å². The van der Waals surface area contributed by atoms with E-state index in [0.717, 1.165) is 10.9 Å². The van der Waals surface area contributed by atoms with Gasteiger partial charge in [0.25, 0.3) is 0 Å². The van der Waals surface area contributed by atoms with Gasteiger partial charge in [-0.2, -0.15) is 4.31 Å². The minimum Gasteiger partial charge on any atom is -0.369 e. The molecule has 1 fully saturated rings. The number of hydrogen-bond donors (Lipinski definition) is 2. The van der Waals surface area contributed by atoms with Crippen LogP contribution in [0.25, 0.3) is 0 Å². The van der Waals surface area contributed by atoms with Crippen LogP contribution in [0, 0.1) is 0 Å². The molecule has 3 N–H and O–H groups in total. The predicted octanol–water partition coefficient (Wildman–Crippen LogP) is 2.12.